The maximum absolute atomic E-state index is 5.01. The van der Waals surface area contributed by atoms with Crippen LogP contribution in [0.1, 0.15) is 16.6 Å². The highest BCUT2D eigenvalue weighted by atomic mass is 79.9. The van der Waals surface area contributed by atoms with Crippen LogP contribution in [0.25, 0.3) is 0 Å². The van der Waals surface area contributed by atoms with E-state index in [2.05, 4.69) is 42.8 Å². The molecule has 0 unspecified atom stereocenters. The predicted molar refractivity (Wildman–Crippen MR) is 73.7 cm³/mol. The van der Waals surface area contributed by atoms with Crippen molar-refractivity contribution in [2.45, 2.75) is 19.9 Å². The number of halogens is 2. The molecule has 0 bridgehead atoms. The summed E-state index contributed by atoms with van der Waals surface area (Å²) in [5, 5.41) is 9.16. The van der Waals surface area contributed by atoms with Gasteiger partial charge in [-0.05, 0) is 28.9 Å². The van der Waals surface area contributed by atoms with Crippen molar-refractivity contribution in [3.05, 3.63) is 32.5 Å². The first kappa shape index (κ1) is 14.6. The van der Waals surface area contributed by atoms with Crippen LogP contribution in [0.3, 0.4) is 0 Å². The molecular weight excluding hydrogens is 326 g/mol. The second kappa shape index (κ2) is 7.10. The van der Waals surface area contributed by atoms with Gasteiger partial charge in [0, 0.05) is 34.2 Å². The van der Waals surface area contributed by atoms with E-state index in [1.165, 1.54) is 4.88 Å². The Morgan fingerprint density at radius 2 is 2.35 bits per heavy atom. The van der Waals surface area contributed by atoms with Crippen LogP contribution in [0, 0.1) is 6.92 Å². The molecule has 0 saturated carbocycles. The maximum Gasteiger partial charge on any atom is 0.227 e. The maximum atomic E-state index is 5.01. The Kier molecular flexibility index (Phi) is 6.11. The van der Waals surface area contributed by atoms with E-state index in [1.54, 1.807) is 11.3 Å². The number of nitrogens with one attached hydrogen (secondary N) is 1. The second-order valence-corrected chi connectivity index (χ2v) is 5.30. The number of hydrogen-bond donors (Lipinski definition) is 1. The lowest BCUT2D eigenvalue weighted by molar-refractivity contribution is 0.372. The van der Waals surface area contributed by atoms with Gasteiger partial charge in [0.05, 0.1) is 0 Å². The van der Waals surface area contributed by atoms with E-state index < -0.39 is 0 Å². The molecule has 2 aromatic heterocycles. The first-order chi connectivity index (χ1) is 7.74. The minimum atomic E-state index is 0. The largest absolute Gasteiger partial charge is 0.339 e. The zero-order chi connectivity index (χ0) is 11.4. The molecule has 0 spiro atoms. The van der Waals surface area contributed by atoms with Gasteiger partial charge >= 0.3 is 0 Å². The fourth-order valence-electron chi connectivity index (χ4n) is 1.30. The van der Waals surface area contributed by atoms with Gasteiger partial charge in [0.15, 0.2) is 5.82 Å². The lowest BCUT2D eigenvalue weighted by Crippen LogP contribution is -2.16. The van der Waals surface area contributed by atoms with Crippen LogP contribution in [-0.2, 0) is 13.0 Å². The van der Waals surface area contributed by atoms with E-state index in [1.807, 2.05) is 6.92 Å². The molecule has 0 amide bonds. The molecular formula is C10H13BrClN3OS. The average Bonchev–Trinajstić information content (AvgIpc) is 2.83. The average molecular weight is 339 g/mol. The monoisotopic (exact) mass is 337 g/mol. The number of hydrogen-bond acceptors (Lipinski definition) is 5. The van der Waals surface area contributed by atoms with E-state index in [-0.39, 0.29) is 12.4 Å². The van der Waals surface area contributed by atoms with Gasteiger partial charge < -0.3 is 9.84 Å². The summed E-state index contributed by atoms with van der Waals surface area (Å²) in [6.07, 6.45) is 0.771. The smallest absolute Gasteiger partial charge is 0.227 e. The molecule has 0 aliphatic heterocycles. The highest BCUT2D eigenvalue weighted by Gasteiger charge is 2.02. The number of aromatic nitrogens is 2. The molecule has 0 atom stereocenters. The summed E-state index contributed by atoms with van der Waals surface area (Å²) in [6.45, 7) is 3.55. The summed E-state index contributed by atoms with van der Waals surface area (Å²) in [5.41, 5.74) is 0. The highest BCUT2D eigenvalue weighted by Crippen LogP contribution is 2.19. The summed E-state index contributed by atoms with van der Waals surface area (Å²) in [5.74, 6) is 1.38. The second-order valence-electron chi connectivity index (χ2n) is 3.39. The van der Waals surface area contributed by atoms with Crippen molar-refractivity contribution >= 4 is 39.7 Å². The predicted octanol–water partition coefficient (Wildman–Crippen LogP) is 2.96. The Balaban J connectivity index is 0.00000144. The lowest BCUT2D eigenvalue weighted by Gasteiger charge is -1.99. The van der Waals surface area contributed by atoms with Crippen molar-refractivity contribution in [2.75, 3.05) is 6.54 Å². The van der Waals surface area contributed by atoms with Gasteiger partial charge in [-0.25, -0.2) is 0 Å². The van der Waals surface area contributed by atoms with Crippen LogP contribution in [0.15, 0.2) is 20.4 Å². The van der Waals surface area contributed by atoms with Crippen molar-refractivity contribution in [2.24, 2.45) is 0 Å². The Labute approximate surface area is 118 Å². The number of nitrogens with zero attached hydrogens (tertiary/aromatic N) is 2. The van der Waals surface area contributed by atoms with Crippen molar-refractivity contribution in [3.8, 4) is 0 Å². The van der Waals surface area contributed by atoms with E-state index in [0.717, 1.165) is 24.0 Å². The van der Waals surface area contributed by atoms with E-state index >= 15 is 0 Å². The standard InChI is InChI=1S/C10H12BrN3OS.ClH/c1-7-13-10(15-14-7)2-3-12-5-9-4-8(11)6-16-9;/h4,6,12H,2-3,5H2,1H3;1H. The number of rotatable bonds is 5. The third kappa shape index (κ3) is 4.75. The fourth-order valence-corrected chi connectivity index (χ4v) is 2.72. The third-order valence-electron chi connectivity index (χ3n) is 2.01. The molecule has 2 aromatic rings. The van der Waals surface area contributed by atoms with Crippen LogP contribution < -0.4 is 5.32 Å². The van der Waals surface area contributed by atoms with Crippen LogP contribution in [0.2, 0.25) is 0 Å². The summed E-state index contributed by atoms with van der Waals surface area (Å²) >= 11 is 5.17. The molecule has 1 N–H and O–H groups in total. The molecule has 2 heterocycles. The van der Waals surface area contributed by atoms with E-state index in [9.17, 15) is 0 Å². The van der Waals surface area contributed by atoms with Gasteiger partial charge in [0.1, 0.15) is 0 Å². The molecule has 0 aromatic carbocycles. The SMILES string of the molecule is Cc1noc(CCNCc2cc(Br)cs2)n1.Cl. The first-order valence-corrected chi connectivity index (χ1v) is 6.64. The highest BCUT2D eigenvalue weighted by molar-refractivity contribution is 9.10. The number of thiophene rings is 1. The fraction of sp³-hybridized carbons (Fsp3) is 0.400. The summed E-state index contributed by atoms with van der Waals surface area (Å²) in [7, 11) is 0. The lowest BCUT2D eigenvalue weighted by atomic mass is 10.4. The van der Waals surface area contributed by atoms with Gasteiger partial charge in [-0.15, -0.1) is 23.7 Å². The molecule has 0 radical (unpaired) electrons. The third-order valence-corrected chi connectivity index (χ3v) is 3.70. The number of aryl methyl sites for hydroxylation is 1. The molecule has 4 nitrogen and oxygen atoms in total. The van der Waals surface area contributed by atoms with Gasteiger partial charge in [-0.3, -0.25) is 0 Å². The summed E-state index contributed by atoms with van der Waals surface area (Å²) < 4.78 is 6.16. The van der Waals surface area contributed by atoms with Crippen LogP contribution in [0.5, 0.6) is 0 Å². The van der Waals surface area contributed by atoms with Crippen molar-refractivity contribution in [1.82, 2.24) is 15.5 Å². The quantitative estimate of drug-likeness (QED) is 0.852. The molecule has 0 fully saturated rings. The van der Waals surface area contributed by atoms with Gasteiger partial charge in [0.2, 0.25) is 5.89 Å². The molecule has 7 heteroatoms. The minimum Gasteiger partial charge on any atom is -0.339 e. The van der Waals surface area contributed by atoms with Gasteiger partial charge in [-0.2, -0.15) is 4.98 Å². The summed E-state index contributed by atoms with van der Waals surface area (Å²) in [4.78, 5) is 5.45. The van der Waals surface area contributed by atoms with Crippen molar-refractivity contribution in [1.29, 1.82) is 0 Å². The van der Waals surface area contributed by atoms with Gasteiger partial charge in [-0.1, -0.05) is 5.16 Å². The molecule has 2 rings (SSSR count). The van der Waals surface area contributed by atoms with E-state index in [0.29, 0.717) is 11.7 Å². The Morgan fingerprint density at radius 1 is 1.53 bits per heavy atom. The topological polar surface area (TPSA) is 51.0 Å². The molecule has 17 heavy (non-hydrogen) atoms. The van der Waals surface area contributed by atoms with Crippen LogP contribution in [-0.4, -0.2) is 16.7 Å². The molecule has 0 aliphatic carbocycles. The zero-order valence-corrected chi connectivity index (χ0v) is 12.5. The zero-order valence-electron chi connectivity index (χ0n) is 9.27. The Morgan fingerprint density at radius 3 is 2.94 bits per heavy atom. The normalized spacial score (nSPS) is 10.2. The first-order valence-electron chi connectivity index (χ1n) is 4.97. The molecule has 94 valence electrons. The van der Waals surface area contributed by atoms with Crippen LogP contribution >= 0.6 is 39.7 Å². The Bertz CT molecular complexity index is 418. The van der Waals surface area contributed by atoms with Crippen molar-refractivity contribution < 1.29 is 4.52 Å². The summed E-state index contributed by atoms with van der Waals surface area (Å²) in [6, 6.07) is 2.12. The molecule has 0 saturated heterocycles. The minimum absolute atomic E-state index is 0. The van der Waals surface area contributed by atoms with Crippen molar-refractivity contribution in [3.63, 3.8) is 0 Å². The Hall–Kier alpha value is -0.430. The van der Waals surface area contributed by atoms with E-state index in [4.69, 9.17) is 4.52 Å². The van der Waals surface area contributed by atoms with Gasteiger partial charge in [0.25, 0.3) is 0 Å². The molecule has 0 aliphatic rings. The van der Waals surface area contributed by atoms with Crippen LogP contribution in [0.4, 0.5) is 0 Å².